The van der Waals surface area contributed by atoms with Crippen molar-refractivity contribution < 1.29 is 18.0 Å². The Labute approximate surface area is 180 Å². The van der Waals surface area contributed by atoms with Gasteiger partial charge in [-0.2, -0.15) is 15.6 Å². The van der Waals surface area contributed by atoms with Crippen molar-refractivity contribution >= 4 is 38.9 Å². The van der Waals surface area contributed by atoms with Crippen LogP contribution < -0.4 is 4.90 Å². The molecule has 2 aromatic rings. The van der Waals surface area contributed by atoms with E-state index < -0.39 is 15.6 Å². The van der Waals surface area contributed by atoms with Gasteiger partial charge < -0.3 is 9.80 Å². The van der Waals surface area contributed by atoms with Crippen LogP contribution in [0.4, 0.5) is 5.69 Å². The minimum Gasteiger partial charge on any atom is -0.325 e. The number of sulfonamides is 1. The third kappa shape index (κ3) is 3.55. The molecule has 0 radical (unpaired) electrons. The van der Waals surface area contributed by atoms with E-state index in [1.807, 2.05) is 35.9 Å². The molecular weight excluding hydrogens is 422 g/mol. The molecule has 0 saturated carbocycles. The molecule has 1 spiro atoms. The van der Waals surface area contributed by atoms with E-state index in [1.54, 1.807) is 21.9 Å². The van der Waals surface area contributed by atoms with Crippen molar-refractivity contribution in [1.82, 2.24) is 9.21 Å². The summed E-state index contributed by atoms with van der Waals surface area (Å²) in [6, 6.07) is 8.82. The summed E-state index contributed by atoms with van der Waals surface area (Å²) in [4.78, 5) is 28.6. The highest BCUT2D eigenvalue weighted by Crippen LogP contribution is 2.37. The van der Waals surface area contributed by atoms with Crippen molar-refractivity contribution in [2.45, 2.75) is 37.1 Å². The third-order valence-corrected chi connectivity index (χ3v) is 8.61. The Morgan fingerprint density at radius 2 is 1.90 bits per heavy atom. The summed E-state index contributed by atoms with van der Waals surface area (Å²) in [5.41, 5.74) is 1.15. The second-order valence-corrected chi connectivity index (χ2v) is 10.6. The van der Waals surface area contributed by atoms with Crippen molar-refractivity contribution in [3.8, 4) is 0 Å². The lowest BCUT2D eigenvalue weighted by molar-refractivity contribution is -0.142. The van der Waals surface area contributed by atoms with E-state index in [-0.39, 0.29) is 29.8 Å². The van der Waals surface area contributed by atoms with Crippen molar-refractivity contribution in [2.75, 3.05) is 31.1 Å². The van der Waals surface area contributed by atoms with E-state index in [4.69, 9.17) is 0 Å². The van der Waals surface area contributed by atoms with Crippen LogP contribution in [0.3, 0.4) is 0 Å². The number of hydrogen-bond acceptors (Lipinski definition) is 5. The normalized spacial score (nSPS) is 22.8. The monoisotopic (exact) mass is 447 g/mol. The first-order valence-electron chi connectivity index (χ1n) is 9.97. The maximum absolute atomic E-state index is 13.3. The van der Waals surface area contributed by atoms with Crippen LogP contribution in [0.15, 0.2) is 46.0 Å². The largest absolute Gasteiger partial charge is 0.325 e. The Morgan fingerprint density at radius 3 is 2.50 bits per heavy atom. The summed E-state index contributed by atoms with van der Waals surface area (Å²) in [7, 11) is -3.68. The smallest absolute Gasteiger partial charge is 0.246 e. The fourth-order valence-corrected chi connectivity index (χ4v) is 6.53. The van der Waals surface area contributed by atoms with Gasteiger partial charge in [0.15, 0.2) is 0 Å². The van der Waals surface area contributed by atoms with E-state index in [0.29, 0.717) is 19.5 Å². The lowest BCUT2D eigenvalue weighted by Gasteiger charge is -2.47. The predicted molar refractivity (Wildman–Crippen MR) is 116 cm³/mol. The molecular formula is C21H25N3O4S2. The van der Waals surface area contributed by atoms with Gasteiger partial charge in [-0.3, -0.25) is 9.59 Å². The predicted octanol–water partition coefficient (Wildman–Crippen LogP) is 2.34. The van der Waals surface area contributed by atoms with E-state index >= 15 is 0 Å². The van der Waals surface area contributed by atoms with Gasteiger partial charge in [0.05, 0.1) is 22.7 Å². The number of anilines is 1. The number of piperazine rings is 1. The Balaban J connectivity index is 1.64. The van der Waals surface area contributed by atoms with Gasteiger partial charge in [-0.15, -0.1) is 0 Å². The highest BCUT2D eigenvalue weighted by Gasteiger charge is 2.52. The molecule has 3 heterocycles. The number of rotatable bonds is 4. The second kappa shape index (κ2) is 7.79. The summed E-state index contributed by atoms with van der Waals surface area (Å²) >= 11 is 1.50. The summed E-state index contributed by atoms with van der Waals surface area (Å²) in [6.45, 7) is 4.21. The summed E-state index contributed by atoms with van der Waals surface area (Å²) < 4.78 is 28.0. The third-order valence-electron chi connectivity index (χ3n) is 6.08. The Kier molecular flexibility index (Phi) is 5.46. The van der Waals surface area contributed by atoms with Crippen LogP contribution in [0.25, 0.3) is 0 Å². The van der Waals surface area contributed by atoms with Crippen LogP contribution in [-0.2, 0) is 26.0 Å². The molecule has 7 nitrogen and oxygen atoms in total. The zero-order valence-electron chi connectivity index (χ0n) is 17.1. The van der Waals surface area contributed by atoms with Gasteiger partial charge in [0.2, 0.25) is 21.8 Å². The van der Waals surface area contributed by atoms with Crippen molar-refractivity contribution in [3.05, 3.63) is 46.7 Å². The topological polar surface area (TPSA) is 78.0 Å². The maximum atomic E-state index is 13.3. The van der Waals surface area contributed by atoms with E-state index in [0.717, 1.165) is 17.7 Å². The van der Waals surface area contributed by atoms with Crippen LogP contribution in [0, 0.1) is 0 Å². The number of aryl methyl sites for hydroxylation is 1. The van der Waals surface area contributed by atoms with E-state index in [9.17, 15) is 18.0 Å². The first-order valence-corrected chi connectivity index (χ1v) is 12.3. The zero-order valence-corrected chi connectivity index (χ0v) is 18.7. The molecule has 0 N–H and O–H groups in total. The quantitative estimate of drug-likeness (QED) is 0.721. The first kappa shape index (κ1) is 21.0. The fraction of sp³-hybridized carbons (Fsp3) is 0.429. The number of carbonyl (C=O) groups excluding carboxylic acids is 2. The fourth-order valence-electron chi connectivity index (χ4n) is 4.37. The Bertz CT molecular complexity index is 1050. The van der Waals surface area contributed by atoms with Crippen LogP contribution in [-0.4, -0.2) is 61.2 Å². The second-order valence-electron chi connectivity index (χ2n) is 7.88. The summed E-state index contributed by atoms with van der Waals surface area (Å²) in [5.74, 6) is -0.356. The molecule has 1 aromatic carbocycles. The van der Waals surface area contributed by atoms with E-state index in [2.05, 4.69) is 0 Å². The van der Waals surface area contributed by atoms with Crippen LogP contribution >= 0.6 is 11.3 Å². The van der Waals surface area contributed by atoms with Crippen molar-refractivity contribution in [1.29, 1.82) is 0 Å². The SMILES string of the molecule is CCc1ccc(S(=O)(=O)N2CCC3(CN(c4ccsc4)C(=O)CN3C(C)=O)C2)cc1. The molecule has 1 aromatic heterocycles. The molecule has 0 bridgehead atoms. The number of thiophene rings is 1. The highest BCUT2D eigenvalue weighted by molar-refractivity contribution is 7.89. The van der Waals surface area contributed by atoms with Gasteiger partial charge in [0.25, 0.3) is 0 Å². The lowest BCUT2D eigenvalue weighted by Crippen LogP contribution is -2.66. The van der Waals surface area contributed by atoms with Crippen LogP contribution in [0.1, 0.15) is 25.8 Å². The van der Waals surface area contributed by atoms with Crippen LogP contribution in [0.2, 0.25) is 0 Å². The van der Waals surface area contributed by atoms with Gasteiger partial charge in [-0.05, 0) is 42.0 Å². The molecule has 1 unspecified atom stereocenters. The Morgan fingerprint density at radius 1 is 1.17 bits per heavy atom. The molecule has 2 aliphatic heterocycles. The molecule has 0 aliphatic carbocycles. The zero-order chi connectivity index (χ0) is 21.5. The van der Waals surface area contributed by atoms with Gasteiger partial charge in [0, 0.05) is 25.4 Å². The van der Waals surface area contributed by atoms with Crippen LogP contribution in [0.5, 0.6) is 0 Å². The lowest BCUT2D eigenvalue weighted by atomic mass is 9.92. The summed E-state index contributed by atoms with van der Waals surface area (Å²) in [6.07, 6.45) is 1.33. The molecule has 2 amide bonds. The number of benzene rings is 1. The van der Waals surface area contributed by atoms with Gasteiger partial charge in [-0.1, -0.05) is 19.1 Å². The highest BCUT2D eigenvalue weighted by atomic mass is 32.2. The van der Waals surface area contributed by atoms with Gasteiger partial charge in [0.1, 0.15) is 6.54 Å². The van der Waals surface area contributed by atoms with Crippen molar-refractivity contribution in [2.24, 2.45) is 0 Å². The molecule has 30 heavy (non-hydrogen) atoms. The molecule has 1 atom stereocenters. The average molecular weight is 448 g/mol. The standard InChI is InChI=1S/C21H25N3O4S2/c1-3-17-4-6-19(7-5-17)30(27,28)22-10-9-21(14-22)15-23(18-8-11-29-13-18)20(26)12-24(21)16(2)25/h4-8,11,13H,3,9-10,12,14-15H2,1-2H3. The van der Waals surface area contributed by atoms with E-state index in [1.165, 1.54) is 22.6 Å². The van der Waals surface area contributed by atoms with Gasteiger partial charge in [-0.25, -0.2) is 8.42 Å². The summed E-state index contributed by atoms with van der Waals surface area (Å²) in [5, 5.41) is 3.80. The molecule has 2 aliphatic rings. The number of carbonyl (C=O) groups is 2. The maximum Gasteiger partial charge on any atom is 0.246 e. The molecule has 9 heteroatoms. The average Bonchev–Trinajstić information content (AvgIpc) is 3.40. The number of nitrogens with zero attached hydrogens (tertiary/aromatic N) is 3. The minimum atomic E-state index is -3.68. The Hall–Kier alpha value is -2.23. The molecule has 2 saturated heterocycles. The first-order chi connectivity index (χ1) is 14.3. The number of amides is 2. The molecule has 4 rings (SSSR count). The molecule has 2 fully saturated rings. The van der Waals surface area contributed by atoms with Crippen molar-refractivity contribution in [3.63, 3.8) is 0 Å². The van der Waals surface area contributed by atoms with Gasteiger partial charge >= 0.3 is 0 Å². The number of hydrogen-bond donors (Lipinski definition) is 0. The molecule has 160 valence electrons. The minimum absolute atomic E-state index is 0.0374.